The standard InChI is InChI=1S/C94H122N22O19/c1-6-53(4)79(114-87(128)70(40-56-22-11-8-12-23-56)107-82(123)67(28-17-35-99-94(96)97)105-78(120)48-102-81(122)64(95)44-60-47-98-51-103-60)90(131)111-73(38-52(2)3)91(132)115-36-18-29-76(115)88(129)110-72(43-59-46-101-66-27-16-14-25-63(59)66)86(127)109-71(42-58-45-100-65-26-15-13-24-62(58)65)85(126)108-68(41-57-31-33-61(119)34-32-57)83(124)104-54(5)80(121)106-69(39-55-20-9-7-10-21-55)84(125)112-74(49-117)92(133)116-37-19-30-77(116)89(130)113-75(50-118)93(134)135/h7-16,20-27,31-34,45-47,51-54,64,67-77,79,100-101,117-119H,6,17-19,28-30,35-44,48-50,95H2,1-5H3,(H,98,103)(H,102,122)(H,104,124)(H,105,120)(H,106,121)(H,107,123)(H,108,126)(H,109,127)(H,110,129)(H,111,131)(H,112,125)(H,113,130)(H,114,128)(H,134,135)(H4,96,97,99)/t53-,54-,64-,67-,68-,69-,70-,71-,72-,73-,74-,75-,76-,77-,79-/m0/s1. The van der Waals surface area contributed by atoms with Gasteiger partial charge in [0.1, 0.15) is 84.3 Å². The molecule has 0 aliphatic carbocycles. The minimum Gasteiger partial charge on any atom is -0.508 e. The molecule has 8 aromatic rings. The third-order valence-electron chi connectivity index (χ3n) is 23.8. The summed E-state index contributed by atoms with van der Waals surface area (Å²) in [6, 6.07) is 17.0. The first-order chi connectivity index (χ1) is 64.7. The summed E-state index contributed by atoms with van der Waals surface area (Å²) >= 11 is 0. The Kier molecular flexibility index (Phi) is 37.8. The molecule has 135 heavy (non-hydrogen) atoms. The molecule has 0 bridgehead atoms. The largest absolute Gasteiger partial charge is 0.508 e. The average Bonchev–Trinajstić information content (AvgIpc) is 1.69. The number of benzene rings is 5. The molecule has 2 aliphatic rings. The summed E-state index contributed by atoms with van der Waals surface area (Å²) in [4.78, 5) is 232. The maximum absolute atomic E-state index is 15.8. The monoisotopic (exact) mass is 1860 g/mol. The fraction of sp³-hybridized carbons (Fsp3) is 0.436. The molecular weight excluding hydrogens is 1740 g/mol. The Morgan fingerprint density at radius 1 is 0.481 bits per heavy atom. The number of aliphatic hydroxyl groups excluding tert-OH is 2. The Bertz CT molecular complexity index is 5450. The molecule has 0 radical (unpaired) electrons. The number of aromatic nitrogens is 4. The Morgan fingerprint density at radius 2 is 0.926 bits per heavy atom. The number of imidazole rings is 1. The number of carbonyl (C=O) groups excluding carboxylic acids is 14. The molecule has 0 unspecified atom stereocenters. The number of aromatic amines is 3. The molecule has 25 N–H and O–H groups in total. The number of carbonyl (C=O) groups is 15. The van der Waals surface area contributed by atoms with Crippen LogP contribution in [0.3, 0.4) is 0 Å². The second-order valence-corrected chi connectivity index (χ2v) is 34.4. The van der Waals surface area contributed by atoms with Gasteiger partial charge in [0.15, 0.2) is 5.96 Å². The second-order valence-electron chi connectivity index (χ2n) is 34.4. The Labute approximate surface area is 778 Å². The van der Waals surface area contributed by atoms with E-state index in [-0.39, 0.29) is 114 Å². The van der Waals surface area contributed by atoms with Gasteiger partial charge in [0, 0.05) is 104 Å². The Balaban J connectivity index is 0.873. The van der Waals surface area contributed by atoms with Gasteiger partial charge in [-0.2, -0.15) is 0 Å². The first-order valence-corrected chi connectivity index (χ1v) is 45.1. The Hall–Kier alpha value is -14.6. The number of hydrogen-bond donors (Lipinski definition) is 23. The zero-order valence-electron chi connectivity index (χ0n) is 75.8. The van der Waals surface area contributed by atoms with E-state index >= 15 is 33.6 Å². The van der Waals surface area contributed by atoms with Crippen LogP contribution in [-0.4, -0.2) is 269 Å². The topological polar surface area (TPSA) is 636 Å². The van der Waals surface area contributed by atoms with E-state index in [1.54, 1.807) is 123 Å². The number of nitrogens with two attached hydrogens (primary N) is 2. The third kappa shape index (κ3) is 29.4. The van der Waals surface area contributed by atoms with Crippen molar-refractivity contribution in [2.45, 2.75) is 209 Å². The van der Waals surface area contributed by atoms with Crippen LogP contribution >= 0.6 is 0 Å². The number of phenolic OH excluding ortho intramolecular Hbond substituents is 1. The molecule has 41 heteroatoms. The molecular formula is C94H122N22O19. The highest BCUT2D eigenvalue weighted by Crippen LogP contribution is 2.27. The normalized spacial score (nSPS) is 16.5. The zero-order valence-corrected chi connectivity index (χ0v) is 75.8. The highest BCUT2D eigenvalue weighted by molar-refractivity contribution is 6.02. The average molecular weight is 1860 g/mol. The van der Waals surface area contributed by atoms with Crippen molar-refractivity contribution in [3.05, 3.63) is 192 Å². The number of para-hydroxylation sites is 2. The number of nitrogens with one attached hydrogen (secondary N) is 17. The number of amides is 14. The molecule has 3 aromatic heterocycles. The number of H-pyrrole nitrogens is 3. The van der Waals surface area contributed by atoms with E-state index in [2.05, 4.69) is 89.1 Å². The summed E-state index contributed by atoms with van der Waals surface area (Å²) in [5.74, 6) is -14.7. The van der Waals surface area contributed by atoms with Crippen LogP contribution in [0, 0.1) is 17.2 Å². The molecule has 5 aromatic carbocycles. The van der Waals surface area contributed by atoms with Gasteiger partial charge >= 0.3 is 5.97 Å². The maximum atomic E-state index is 15.8. The van der Waals surface area contributed by atoms with E-state index in [9.17, 15) is 58.8 Å². The van der Waals surface area contributed by atoms with Crippen LogP contribution in [0.4, 0.5) is 0 Å². The van der Waals surface area contributed by atoms with Gasteiger partial charge in [-0.05, 0) is 116 Å². The number of carboxylic acids is 1. The molecule has 2 aliphatic heterocycles. The molecule has 41 nitrogen and oxygen atoms in total. The number of carboxylic acid groups (broad SMARTS) is 1. The lowest BCUT2D eigenvalue weighted by Crippen LogP contribution is -2.61. The summed E-state index contributed by atoms with van der Waals surface area (Å²) in [6.45, 7) is 6.06. The summed E-state index contributed by atoms with van der Waals surface area (Å²) in [6.07, 6.45) is 6.49. The molecule has 0 saturated carbocycles. The van der Waals surface area contributed by atoms with Crippen LogP contribution in [-0.2, 0) is 110 Å². The van der Waals surface area contributed by atoms with Crippen molar-refractivity contribution in [3.63, 3.8) is 0 Å². The third-order valence-corrected chi connectivity index (χ3v) is 23.8. The first kappa shape index (κ1) is 103. The van der Waals surface area contributed by atoms with Crippen LogP contribution in [0.25, 0.3) is 21.8 Å². The number of likely N-dealkylation sites (tertiary alicyclic amines) is 2. The summed E-state index contributed by atoms with van der Waals surface area (Å²) in [5.41, 5.74) is 16.2. The molecule has 2 fully saturated rings. The predicted octanol–water partition coefficient (Wildman–Crippen LogP) is -0.963. The van der Waals surface area contributed by atoms with Crippen LogP contribution < -0.4 is 80.6 Å². The van der Waals surface area contributed by atoms with Gasteiger partial charge in [-0.15, -0.1) is 0 Å². The van der Waals surface area contributed by atoms with E-state index in [1.807, 2.05) is 26.0 Å². The highest BCUT2D eigenvalue weighted by atomic mass is 16.4. The van der Waals surface area contributed by atoms with Gasteiger partial charge in [0.2, 0.25) is 82.7 Å². The minimum atomic E-state index is -1.69. The Morgan fingerprint density at radius 3 is 1.41 bits per heavy atom. The lowest BCUT2D eigenvalue weighted by molar-refractivity contribution is -0.146. The first-order valence-electron chi connectivity index (χ1n) is 45.1. The van der Waals surface area contributed by atoms with Crippen molar-refractivity contribution < 1.29 is 92.3 Å². The fourth-order valence-electron chi connectivity index (χ4n) is 16.3. The lowest BCUT2D eigenvalue weighted by atomic mass is 9.95. The second kappa shape index (κ2) is 49.8. The van der Waals surface area contributed by atoms with Gasteiger partial charge in [0.05, 0.1) is 32.1 Å². The van der Waals surface area contributed by atoms with Crippen molar-refractivity contribution >= 4 is 116 Å². The number of guanidine groups is 1. The maximum Gasteiger partial charge on any atom is 0.328 e. The van der Waals surface area contributed by atoms with Gasteiger partial charge in [-0.1, -0.05) is 143 Å². The molecule has 15 atom stereocenters. The molecule has 722 valence electrons. The predicted molar refractivity (Wildman–Crippen MR) is 496 cm³/mol. The summed E-state index contributed by atoms with van der Waals surface area (Å²) in [5, 5.41) is 83.9. The zero-order chi connectivity index (χ0) is 97.5. The molecule has 0 spiro atoms. The number of aliphatic carboxylic acids is 1. The SMILES string of the molecule is CC[C@H](C)[C@H](NC(=O)[C@H](Cc1ccccc1)NC(=O)[C@H](CCCNC(=N)N)NC(=O)CNC(=O)[C@@H](N)Cc1cnc[nH]1)C(=O)N[C@@H](CC(C)C)C(=O)N1CCC[C@H]1C(=O)N[C@@H](Cc1c[nH]c2ccccc12)C(=O)N[C@@H](Cc1c[nH]c2ccccc12)C(=O)N[C@@H](Cc1ccc(O)cc1)C(=O)N[C@@H](C)C(=O)N[C@@H](Cc1ccccc1)C(=O)N[C@@H](CO)C(=O)N1CCC[C@H]1C(=O)N[C@@H](CO)C(=O)O. The number of hydrogen-bond acceptors (Lipinski definition) is 21. The highest BCUT2D eigenvalue weighted by Gasteiger charge is 2.44. The van der Waals surface area contributed by atoms with Crippen LogP contribution in [0.1, 0.15) is 119 Å². The van der Waals surface area contributed by atoms with Gasteiger partial charge in [-0.25, -0.2) is 9.78 Å². The number of fused-ring (bicyclic) bond motifs is 2. The fourth-order valence-corrected chi connectivity index (χ4v) is 16.3. The van der Waals surface area contributed by atoms with Crippen LogP contribution in [0.15, 0.2) is 158 Å². The van der Waals surface area contributed by atoms with Crippen molar-refractivity contribution in [2.75, 3.05) is 39.4 Å². The number of aliphatic hydroxyl groups is 2. The van der Waals surface area contributed by atoms with Crippen LogP contribution in [0.5, 0.6) is 5.75 Å². The smallest absolute Gasteiger partial charge is 0.328 e. The van der Waals surface area contributed by atoms with E-state index in [1.165, 1.54) is 48.6 Å². The number of aromatic hydroxyl groups is 1. The van der Waals surface area contributed by atoms with Crippen molar-refractivity contribution in [1.82, 2.24) is 98.9 Å². The number of rotatable bonds is 49. The van der Waals surface area contributed by atoms with E-state index in [0.717, 1.165) is 4.90 Å². The van der Waals surface area contributed by atoms with Crippen molar-refractivity contribution in [3.8, 4) is 5.75 Å². The van der Waals surface area contributed by atoms with E-state index in [0.29, 0.717) is 68.2 Å². The summed E-state index contributed by atoms with van der Waals surface area (Å²) < 4.78 is 0. The minimum absolute atomic E-state index is 0.0212. The van der Waals surface area contributed by atoms with Crippen molar-refractivity contribution in [2.24, 2.45) is 23.3 Å². The van der Waals surface area contributed by atoms with Crippen LogP contribution in [0.2, 0.25) is 0 Å². The molecule has 2 saturated heterocycles. The molecule has 10 rings (SSSR count). The quantitative estimate of drug-likeness (QED) is 0.0124. The van der Waals surface area contributed by atoms with E-state index in [4.69, 9.17) is 16.9 Å². The lowest BCUT2D eigenvalue weighted by Gasteiger charge is -2.32. The van der Waals surface area contributed by atoms with Gasteiger partial charge in [0.25, 0.3) is 0 Å². The molecule has 14 amide bonds. The van der Waals surface area contributed by atoms with Crippen molar-refractivity contribution in [1.29, 1.82) is 5.41 Å². The molecule has 5 heterocycles. The van der Waals surface area contributed by atoms with Gasteiger partial charge < -0.3 is 126 Å². The number of nitrogens with zero attached hydrogens (tertiary/aromatic N) is 3. The van der Waals surface area contributed by atoms with E-state index < -0.39 is 199 Å². The summed E-state index contributed by atoms with van der Waals surface area (Å²) in [7, 11) is 0. The number of phenols is 1. The van der Waals surface area contributed by atoms with Gasteiger partial charge in [-0.3, -0.25) is 72.5 Å².